The van der Waals surface area contributed by atoms with Gasteiger partial charge in [0.25, 0.3) is 0 Å². The van der Waals surface area contributed by atoms with E-state index in [1.54, 1.807) is 0 Å². The lowest BCUT2D eigenvalue weighted by atomic mass is 10.2. The monoisotopic (exact) mass is 222 g/mol. The molecule has 0 aromatic heterocycles. The summed E-state index contributed by atoms with van der Waals surface area (Å²) in [6, 6.07) is 8.16. The number of hydrogen-bond acceptors (Lipinski definition) is 2. The van der Waals surface area contributed by atoms with Gasteiger partial charge in [-0.15, -0.1) is 0 Å². The highest BCUT2D eigenvalue weighted by atomic mass is 16.1. The summed E-state index contributed by atoms with van der Waals surface area (Å²) in [5.41, 5.74) is 2.32. The van der Waals surface area contributed by atoms with Gasteiger partial charge in [-0.1, -0.05) is 26.0 Å². The fourth-order valence-electron chi connectivity index (χ4n) is 1.20. The van der Waals surface area contributed by atoms with Gasteiger partial charge in [0.2, 0.25) is 5.91 Å². The molecule has 0 fully saturated rings. The highest BCUT2D eigenvalue weighted by molar-refractivity contribution is 5.72. The Morgan fingerprint density at radius 2 is 1.94 bits per heavy atom. The molecule has 1 amide bonds. The summed E-state index contributed by atoms with van der Waals surface area (Å²) < 4.78 is 0. The Hall–Kier alpha value is -1.51. The molecule has 0 radical (unpaired) electrons. The maximum absolute atomic E-state index is 10.6. The third kappa shape index (κ3) is 6.87. The Morgan fingerprint density at radius 3 is 2.50 bits per heavy atom. The molecule has 0 atom stereocenters. The van der Waals surface area contributed by atoms with Gasteiger partial charge in [0.1, 0.15) is 0 Å². The number of carbonyl (C=O) groups excluding carboxylic acids is 1. The van der Waals surface area contributed by atoms with Crippen LogP contribution in [0.15, 0.2) is 24.3 Å². The number of anilines is 1. The molecule has 0 saturated carbocycles. The molecule has 0 unspecified atom stereocenters. The molecule has 0 aliphatic carbocycles. The average Bonchev–Trinajstić information content (AvgIpc) is 2.27. The molecule has 3 heteroatoms. The largest absolute Gasteiger partial charge is 0.383 e. The van der Waals surface area contributed by atoms with E-state index in [0.29, 0.717) is 6.54 Å². The zero-order chi connectivity index (χ0) is 12.4. The van der Waals surface area contributed by atoms with E-state index in [1.165, 1.54) is 12.5 Å². The van der Waals surface area contributed by atoms with Crippen molar-refractivity contribution in [3.05, 3.63) is 29.8 Å². The number of hydrogen-bond donors (Lipinski definition) is 2. The standard InChI is InChI=1S/C11H16N2O.C2H6/c1-9-4-3-5-11(8-9)13-7-6-12-10(2)14;1-2/h3-5,8,13H,6-7H2,1-2H3,(H,12,14);1-2H3. The van der Waals surface area contributed by atoms with Crippen LogP contribution in [0.25, 0.3) is 0 Å². The summed E-state index contributed by atoms with van der Waals surface area (Å²) in [7, 11) is 0. The molecule has 0 heterocycles. The van der Waals surface area contributed by atoms with E-state index in [9.17, 15) is 4.79 Å². The summed E-state index contributed by atoms with van der Waals surface area (Å²) in [5, 5.41) is 5.96. The minimum Gasteiger partial charge on any atom is -0.383 e. The molecule has 0 saturated heterocycles. The zero-order valence-electron chi connectivity index (χ0n) is 10.6. The van der Waals surface area contributed by atoms with Gasteiger partial charge >= 0.3 is 0 Å². The van der Waals surface area contributed by atoms with Crippen LogP contribution in [0.3, 0.4) is 0 Å². The van der Waals surface area contributed by atoms with Crippen molar-refractivity contribution in [1.82, 2.24) is 5.32 Å². The Bertz CT molecular complexity index is 311. The lowest BCUT2D eigenvalue weighted by Gasteiger charge is -2.07. The summed E-state index contributed by atoms with van der Waals surface area (Å²) in [6.45, 7) is 8.98. The van der Waals surface area contributed by atoms with Crippen LogP contribution in [-0.4, -0.2) is 19.0 Å². The van der Waals surface area contributed by atoms with E-state index in [4.69, 9.17) is 0 Å². The van der Waals surface area contributed by atoms with Crippen LogP contribution in [0.2, 0.25) is 0 Å². The predicted molar refractivity (Wildman–Crippen MR) is 69.7 cm³/mol. The highest BCUT2D eigenvalue weighted by Crippen LogP contribution is 2.08. The lowest BCUT2D eigenvalue weighted by molar-refractivity contribution is -0.118. The molecule has 0 bridgehead atoms. The maximum Gasteiger partial charge on any atom is 0.216 e. The smallest absolute Gasteiger partial charge is 0.216 e. The number of aryl methyl sites for hydroxylation is 1. The van der Waals surface area contributed by atoms with Crippen LogP contribution < -0.4 is 10.6 Å². The minimum absolute atomic E-state index is 0.0102. The SMILES string of the molecule is CC.CC(=O)NCCNc1cccc(C)c1. The van der Waals surface area contributed by atoms with E-state index in [-0.39, 0.29) is 5.91 Å². The van der Waals surface area contributed by atoms with E-state index in [1.807, 2.05) is 26.0 Å². The molecule has 1 rings (SSSR count). The van der Waals surface area contributed by atoms with E-state index < -0.39 is 0 Å². The van der Waals surface area contributed by atoms with Gasteiger partial charge in [0.15, 0.2) is 0 Å². The second-order valence-electron chi connectivity index (χ2n) is 3.28. The summed E-state index contributed by atoms with van der Waals surface area (Å²) in [4.78, 5) is 10.6. The number of benzene rings is 1. The highest BCUT2D eigenvalue weighted by Gasteiger charge is 1.92. The van der Waals surface area contributed by atoms with Crippen molar-refractivity contribution in [2.75, 3.05) is 18.4 Å². The molecular formula is C13H22N2O. The van der Waals surface area contributed by atoms with Crippen LogP contribution in [0.1, 0.15) is 26.3 Å². The Balaban J connectivity index is 0.00000106. The third-order valence-corrected chi connectivity index (χ3v) is 1.85. The molecular weight excluding hydrogens is 200 g/mol. The first-order valence-electron chi connectivity index (χ1n) is 5.73. The number of rotatable bonds is 4. The zero-order valence-corrected chi connectivity index (χ0v) is 10.6. The number of amides is 1. The van der Waals surface area contributed by atoms with Gasteiger partial charge in [-0.2, -0.15) is 0 Å². The first kappa shape index (κ1) is 14.5. The Kier molecular flexibility index (Phi) is 7.94. The van der Waals surface area contributed by atoms with Crippen LogP contribution in [0, 0.1) is 6.92 Å². The van der Waals surface area contributed by atoms with Gasteiger partial charge in [-0.05, 0) is 24.6 Å². The number of nitrogens with one attached hydrogen (secondary N) is 2. The molecule has 1 aromatic rings. The van der Waals surface area contributed by atoms with Crippen molar-refractivity contribution in [2.45, 2.75) is 27.7 Å². The Labute approximate surface area is 98.3 Å². The van der Waals surface area contributed by atoms with Crippen molar-refractivity contribution in [3.8, 4) is 0 Å². The summed E-state index contributed by atoms with van der Waals surface area (Å²) >= 11 is 0. The Morgan fingerprint density at radius 1 is 1.25 bits per heavy atom. The van der Waals surface area contributed by atoms with Crippen molar-refractivity contribution >= 4 is 11.6 Å². The predicted octanol–water partition coefficient (Wildman–Crippen LogP) is 2.57. The van der Waals surface area contributed by atoms with Gasteiger partial charge < -0.3 is 10.6 Å². The minimum atomic E-state index is 0.0102. The van der Waals surface area contributed by atoms with Crippen molar-refractivity contribution in [1.29, 1.82) is 0 Å². The first-order valence-corrected chi connectivity index (χ1v) is 5.73. The van der Waals surface area contributed by atoms with E-state index in [2.05, 4.69) is 29.7 Å². The molecule has 1 aromatic carbocycles. The van der Waals surface area contributed by atoms with Gasteiger partial charge in [-0.25, -0.2) is 0 Å². The molecule has 90 valence electrons. The van der Waals surface area contributed by atoms with Gasteiger partial charge in [0, 0.05) is 25.7 Å². The van der Waals surface area contributed by atoms with E-state index in [0.717, 1.165) is 12.2 Å². The normalized spacial score (nSPS) is 8.75. The fourth-order valence-corrected chi connectivity index (χ4v) is 1.20. The van der Waals surface area contributed by atoms with Gasteiger partial charge in [0.05, 0.1) is 0 Å². The van der Waals surface area contributed by atoms with Crippen molar-refractivity contribution in [3.63, 3.8) is 0 Å². The molecule has 2 N–H and O–H groups in total. The molecule has 3 nitrogen and oxygen atoms in total. The summed E-state index contributed by atoms with van der Waals surface area (Å²) in [6.07, 6.45) is 0. The van der Waals surface area contributed by atoms with Crippen LogP contribution >= 0.6 is 0 Å². The molecule has 0 spiro atoms. The maximum atomic E-state index is 10.6. The van der Waals surface area contributed by atoms with Crippen molar-refractivity contribution < 1.29 is 4.79 Å². The van der Waals surface area contributed by atoms with Crippen LogP contribution in [0.5, 0.6) is 0 Å². The van der Waals surface area contributed by atoms with E-state index >= 15 is 0 Å². The topological polar surface area (TPSA) is 41.1 Å². The third-order valence-electron chi connectivity index (χ3n) is 1.85. The second kappa shape index (κ2) is 8.77. The van der Waals surface area contributed by atoms with Gasteiger partial charge in [-0.3, -0.25) is 4.79 Å². The molecule has 0 aliphatic rings. The van der Waals surface area contributed by atoms with Crippen LogP contribution in [0.4, 0.5) is 5.69 Å². The fraction of sp³-hybridized carbons (Fsp3) is 0.462. The molecule has 16 heavy (non-hydrogen) atoms. The number of carbonyl (C=O) groups is 1. The average molecular weight is 222 g/mol. The second-order valence-corrected chi connectivity index (χ2v) is 3.28. The van der Waals surface area contributed by atoms with Crippen LogP contribution in [-0.2, 0) is 4.79 Å². The van der Waals surface area contributed by atoms with Crippen molar-refractivity contribution in [2.24, 2.45) is 0 Å². The molecule has 0 aliphatic heterocycles. The first-order chi connectivity index (χ1) is 7.68. The summed E-state index contributed by atoms with van der Waals surface area (Å²) in [5.74, 6) is 0.0102. The lowest BCUT2D eigenvalue weighted by Crippen LogP contribution is -2.26. The quantitative estimate of drug-likeness (QED) is 0.769.